The largest absolute Gasteiger partial charge is 0.351 e. The van der Waals surface area contributed by atoms with Crippen LogP contribution in [0.15, 0.2) is 91.5 Å². The summed E-state index contributed by atoms with van der Waals surface area (Å²) in [5.74, 6) is 0. The van der Waals surface area contributed by atoms with Crippen LogP contribution in [-0.4, -0.2) is 34.3 Å². The predicted octanol–water partition coefficient (Wildman–Crippen LogP) is 3.88. The molecule has 0 unspecified atom stereocenters. The molecule has 1 fully saturated rings. The Labute approximate surface area is 209 Å². The third kappa shape index (κ3) is 5.03. The number of thiocarbonyl (C=S) groups is 1. The van der Waals surface area contributed by atoms with Crippen LogP contribution in [-0.2, 0) is 16.6 Å². The molecule has 2 N–H and O–H groups in total. The summed E-state index contributed by atoms with van der Waals surface area (Å²) in [4.78, 5) is 10.9. The van der Waals surface area contributed by atoms with Crippen molar-refractivity contribution in [2.24, 2.45) is 0 Å². The van der Waals surface area contributed by atoms with Gasteiger partial charge in [0.05, 0.1) is 18.0 Å². The monoisotopic (exact) mass is 504 g/mol. The maximum atomic E-state index is 11.6. The van der Waals surface area contributed by atoms with Gasteiger partial charge in [-0.2, -0.15) is 0 Å². The van der Waals surface area contributed by atoms with E-state index in [1.807, 2.05) is 48.7 Å². The van der Waals surface area contributed by atoms with Crippen molar-refractivity contribution in [3.63, 3.8) is 0 Å². The van der Waals surface area contributed by atoms with Crippen LogP contribution in [0, 0.1) is 0 Å². The van der Waals surface area contributed by atoms with E-state index in [-0.39, 0.29) is 12.1 Å². The molecule has 8 nitrogen and oxygen atoms in total. The highest BCUT2D eigenvalue weighted by molar-refractivity contribution is 7.92. The summed E-state index contributed by atoms with van der Waals surface area (Å²) in [5.41, 5.74) is 4.38. The van der Waals surface area contributed by atoms with E-state index in [4.69, 9.17) is 12.2 Å². The molecule has 0 radical (unpaired) electrons. The second kappa shape index (κ2) is 9.47. The summed E-state index contributed by atoms with van der Waals surface area (Å²) >= 11 is 5.80. The first-order valence-electron chi connectivity index (χ1n) is 11.0. The van der Waals surface area contributed by atoms with Crippen LogP contribution >= 0.6 is 12.2 Å². The number of anilines is 2. The molecule has 35 heavy (non-hydrogen) atoms. The minimum Gasteiger partial charge on any atom is -0.351 e. The molecule has 4 aromatic rings. The van der Waals surface area contributed by atoms with Gasteiger partial charge in [0.2, 0.25) is 10.0 Å². The van der Waals surface area contributed by atoms with E-state index in [1.54, 1.807) is 24.5 Å². The Bertz CT molecular complexity index is 1420. The second-order valence-corrected chi connectivity index (χ2v) is 10.5. The van der Waals surface area contributed by atoms with Gasteiger partial charge < -0.3 is 14.8 Å². The molecular formula is C25H24N6O2S2. The van der Waals surface area contributed by atoms with Crippen LogP contribution in [0.4, 0.5) is 11.4 Å². The summed E-state index contributed by atoms with van der Waals surface area (Å²) in [6.07, 6.45) is 8.59. The Morgan fingerprint density at radius 3 is 2.54 bits per heavy atom. The van der Waals surface area contributed by atoms with Gasteiger partial charge in [-0.05, 0) is 72.4 Å². The summed E-state index contributed by atoms with van der Waals surface area (Å²) in [6.45, 7) is 0.666. The number of rotatable bonds is 7. The molecule has 1 saturated heterocycles. The molecule has 0 amide bonds. The van der Waals surface area contributed by atoms with Crippen LogP contribution in [0.3, 0.4) is 0 Å². The first-order valence-corrected chi connectivity index (χ1v) is 13.3. The molecule has 5 rings (SSSR count). The van der Waals surface area contributed by atoms with E-state index in [1.165, 1.54) is 0 Å². The second-order valence-electron chi connectivity index (χ2n) is 8.34. The molecule has 10 heteroatoms. The third-order valence-electron chi connectivity index (χ3n) is 5.79. The van der Waals surface area contributed by atoms with Gasteiger partial charge in [0, 0.05) is 48.4 Å². The highest BCUT2D eigenvalue weighted by Crippen LogP contribution is 2.42. The van der Waals surface area contributed by atoms with E-state index >= 15 is 0 Å². The lowest BCUT2D eigenvalue weighted by Crippen LogP contribution is -2.30. The zero-order chi connectivity index (χ0) is 24.4. The first kappa shape index (κ1) is 23.0. The molecule has 4 heterocycles. The van der Waals surface area contributed by atoms with Crippen LogP contribution in [0.5, 0.6) is 0 Å². The van der Waals surface area contributed by atoms with Crippen LogP contribution in [0.25, 0.3) is 0 Å². The average Bonchev–Trinajstić information content (AvgIpc) is 3.43. The fourth-order valence-corrected chi connectivity index (χ4v) is 5.28. The standard InChI is InChI=1S/C25H24N6O2S2/c1-35(32,33)29-19-9-11-20(12-10-19)31-24(23(28-25(31)34)21-7-2-3-14-27-21)22-8-5-15-30(22)17-18-6-4-13-26-16-18/h2-16,23-24,29H,17H2,1H3,(H,28,34)/t23-,24+/m1/s1. The minimum atomic E-state index is -3.36. The fraction of sp³-hybridized carbons (Fsp3) is 0.160. The maximum absolute atomic E-state index is 11.6. The lowest BCUT2D eigenvalue weighted by Gasteiger charge is -2.29. The number of benzene rings is 1. The Morgan fingerprint density at radius 2 is 1.86 bits per heavy atom. The number of hydrogen-bond acceptors (Lipinski definition) is 5. The van der Waals surface area contributed by atoms with Crippen molar-refractivity contribution in [3.8, 4) is 0 Å². The summed E-state index contributed by atoms with van der Waals surface area (Å²) in [6, 6.07) is 20.8. The van der Waals surface area contributed by atoms with Gasteiger partial charge in [-0.1, -0.05) is 12.1 Å². The minimum absolute atomic E-state index is 0.180. The summed E-state index contributed by atoms with van der Waals surface area (Å²) < 4.78 is 27.9. The molecule has 1 aliphatic heterocycles. The lowest BCUT2D eigenvalue weighted by atomic mass is 10.0. The molecule has 3 aromatic heterocycles. The Balaban J connectivity index is 1.55. The van der Waals surface area contributed by atoms with E-state index in [0.29, 0.717) is 17.3 Å². The Hall–Kier alpha value is -3.76. The number of nitrogens with zero attached hydrogens (tertiary/aromatic N) is 4. The number of sulfonamides is 1. The van der Waals surface area contributed by atoms with Crippen molar-refractivity contribution in [2.45, 2.75) is 18.6 Å². The highest BCUT2D eigenvalue weighted by atomic mass is 32.2. The molecule has 0 aliphatic carbocycles. The normalized spacial score (nSPS) is 17.9. The fourth-order valence-electron chi connectivity index (χ4n) is 4.37. The SMILES string of the molecule is CS(=O)(=O)Nc1ccc(N2C(=S)N[C@H](c3ccccn3)[C@@H]2c2cccn2Cc2cccnc2)cc1. The molecule has 0 spiro atoms. The van der Waals surface area contributed by atoms with Gasteiger partial charge in [-0.15, -0.1) is 0 Å². The van der Waals surface area contributed by atoms with E-state index < -0.39 is 10.0 Å². The lowest BCUT2D eigenvalue weighted by molar-refractivity contribution is 0.533. The highest BCUT2D eigenvalue weighted by Gasteiger charge is 2.42. The summed E-state index contributed by atoms with van der Waals surface area (Å²) in [5, 5.41) is 4.03. The average molecular weight is 505 g/mol. The van der Waals surface area contributed by atoms with Gasteiger partial charge in [-0.3, -0.25) is 14.7 Å². The predicted molar refractivity (Wildman–Crippen MR) is 141 cm³/mol. The van der Waals surface area contributed by atoms with Crippen molar-refractivity contribution >= 4 is 38.7 Å². The number of pyridine rings is 2. The molecule has 1 aromatic carbocycles. The van der Waals surface area contributed by atoms with Gasteiger partial charge in [0.25, 0.3) is 0 Å². The van der Waals surface area contributed by atoms with Crippen LogP contribution < -0.4 is 14.9 Å². The molecule has 178 valence electrons. The van der Waals surface area contributed by atoms with Crippen LogP contribution in [0.2, 0.25) is 0 Å². The number of nitrogens with one attached hydrogen (secondary N) is 2. The van der Waals surface area contributed by atoms with E-state index in [2.05, 4.69) is 47.8 Å². The van der Waals surface area contributed by atoms with Crippen molar-refractivity contribution < 1.29 is 8.42 Å². The maximum Gasteiger partial charge on any atom is 0.229 e. The van der Waals surface area contributed by atoms with Crippen molar-refractivity contribution in [1.29, 1.82) is 0 Å². The van der Waals surface area contributed by atoms with Crippen LogP contribution in [0.1, 0.15) is 29.0 Å². The van der Waals surface area contributed by atoms with E-state index in [9.17, 15) is 8.42 Å². The quantitative estimate of drug-likeness (QED) is 0.369. The third-order valence-corrected chi connectivity index (χ3v) is 6.71. The Morgan fingerprint density at radius 1 is 1.03 bits per heavy atom. The molecule has 2 atom stereocenters. The van der Waals surface area contributed by atoms with Gasteiger partial charge >= 0.3 is 0 Å². The zero-order valence-corrected chi connectivity index (χ0v) is 20.6. The number of hydrogen-bond donors (Lipinski definition) is 2. The molecule has 1 aliphatic rings. The molecular weight excluding hydrogens is 480 g/mol. The smallest absolute Gasteiger partial charge is 0.229 e. The Kier molecular flexibility index (Phi) is 6.23. The van der Waals surface area contributed by atoms with Crippen molar-refractivity contribution in [1.82, 2.24) is 19.9 Å². The van der Waals surface area contributed by atoms with Gasteiger partial charge in [-0.25, -0.2) is 8.42 Å². The van der Waals surface area contributed by atoms with Crippen molar-refractivity contribution in [2.75, 3.05) is 15.9 Å². The first-order chi connectivity index (χ1) is 16.9. The van der Waals surface area contributed by atoms with E-state index in [0.717, 1.165) is 28.9 Å². The van der Waals surface area contributed by atoms with Gasteiger partial charge in [0.1, 0.15) is 6.04 Å². The number of aromatic nitrogens is 3. The molecule has 0 saturated carbocycles. The zero-order valence-electron chi connectivity index (χ0n) is 18.9. The van der Waals surface area contributed by atoms with Crippen molar-refractivity contribution in [3.05, 3.63) is 108 Å². The van der Waals surface area contributed by atoms with Gasteiger partial charge in [0.15, 0.2) is 5.11 Å². The topological polar surface area (TPSA) is 92.2 Å². The molecule has 0 bridgehead atoms. The summed E-state index contributed by atoms with van der Waals surface area (Å²) in [7, 11) is -3.36.